The number of ether oxygens (including phenoxy) is 2. The summed E-state index contributed by atoms with van der Waals surface area (Å²) in [6, 6.07) is 13.0. The molecule has 174 valence electrons. The molecule has 0 aliphatic carbocycles. The number of benzene rings is 2. The number of esters is 1. The number of carbonyl (C=O) groups excluding carboxylic acids is 1. The molecule has 2 atom stereocenters. The van der Waals surface area contributed by atoms with E-state index in [-0.39, 0.29) is 23.9 Å². The van der Waals surface area contributed by atoms with Gasteiger partial charge in [0.25, 0.3) is 0 Å². The van der Waals surface area contributed by atoms with E-state index >= 15 is 4.39 Å². The first-order valence-corrected chi connectivity index (χ1v) is 11.6. The minimum Gasteiger partial charge on any atom is -0.464 e. The lowest BCUT2D eigenvalue weighted by Crippen LogP contribution is -2.48. The summed E-state index contributed by atoms with van der Waals surface area (Å²) in [7, 11) is 0. The highest BCUT2D eigenvalue weighted by Crippen LogP contribution is 2.40. The van der Waals surface area contributed by atoms with Crippen molar-refractivity contribution in [2.45, 2.75) is 59.1 Å². The van der Waals surface area contributed by atoms with Gasteiger partial charge in [0, 0.05) is 23.6 Å². The molecule has 32 heavy (non-hydrogen) atoms. The van der Waals surface area contributed by atoms with Crippen molar-refractivity contribution in [2.75, 3.05) is 26.3 Å². The van der Waals surface area contributed by atoms with Crippen LogP contribution in [0.3, 0.4) is 0 Å². The van der Waals surface area contributed by atoms with Gasteiger partial charge in [-0.3, -0.25) is 4.90 Å². The van der Waals surface area contributed by atoms with Crippen LogP contribution >= 0.6 is 0 Å². The molecule has 0 aromatic heterocycles. The molecule has 2 aromatic carbocycles. The summed E-state index contributed by atoms with van der Waals surface area (Å²) in [5, 5.41) is 0. The molecule has 3 rings (SSSR count). The van der Waals surface area contributed by atoms with Gasteiger partial charge in [-0.1, -0.05) is 42.0 Å². The van der Waals surface area contributed by atoms with Crippen LogP contribution < -0.4 is 0 Å². The Morgan fingerprint density at radius 3 is 2.66 bits per heavy atom. The second-order valence-electron chi connectivity index (χ2n) is 9.63. The molecule has 1 saturated heterocycles. The maximum absolute atomic E-state index is 15.2. The van der Waals surface area contributed by atoms with Gasteiger partial charge in [-0.05, 0) is 71.2 Å². The van der Waals surface area contributed by atoms with Gasteiger partial charge in [0.2, 0.25) is 0 Å². The summed E-state index contributed by atoms with van der Waals surface area (Å²) in [5.74, 6) is -0.529. The van der Waals surface area contributed by atoms with Crippen molar-refractivity contribution in [1.29, 1.82) is 0 Å². The SMILES string of the molecule is CCOC(=O)COC(c1cccc(F)c1-c1cccc(C)c1)[C@@H]1CCCN(C(C)(C)C)C1. The van der Waals surface area contributed by atoms with E-state index in [9.17, 15) is 4.79 Å². The third kappa shape index (κ3) is 5.96. The van der Waals surface area contributed by atoms with Crippen molar-refractivity contribution in [2.24, 2.45) is 5.92 Å². The fourth-order valence-electron chi connectivity index (χ4n) is 4.59. The van der Waals surface area contributed by atoms with Crippen LogP contribution in [0, 0.1) is 18.7 Å². The molecule has 5 heteroatoms. The van der Waals surface area contributed by atoms with Gasteiger partial charge < -0.3 is 9.47 Å². The Morgan fingerprint density at radius 2 is 1.97 bits per heavy atom. The Morgan fingerprint density at radius 1 is 1.22 bits per heavy atom. The van der Waals surface area contributed by atoms with E-state index in [1.165, 1.54) is 6.07 Å². The van der Waals surface area contributed by atoms with Crippen molar-refractivity contribution in [1.82, 2.24) is 4.90 Å². The van der Waals surface area contributed by atoms with Crippen molar-refractivity contribution in [3.05, 3.63) is 59.4 Å². The van der Waals surface area contributed by atoms with Crippen molar-refractivity contribution in [3.8, 4) is 11.1 Å². The normalized spacial score (nSPS) is 18.4. The molecular formula is C27H36FNO3. The summed E-state index contributed by atoms with van der Waals surface area (Å²) in [4.78, 5) is 14.6. The maximum Gasteiger partial charge on any atom is 0.332 e. The highest BCUT2D eigenvalue weighted by Gasteiger charge is 2.35. The second-order valence-corrected chi connectivity index (χ2v) is 9.63. The Bertz CT molecular complexity index is 921. The predicted molar refractivity (Wildman–Crippen MR) is 126 cm³/mol. The van der Waals surface area contributed by atoms with Gasteiger partial charge in [0.1, 0.15) is 12.4 Å². The number of likely N-dealkylation sites (tertiary alicyclic amines) is 1. The van der Waals surface area contributed by atoms with E-state index < -0.39 is 12.1 Å². The third-order valence-corrected chi connectivity index (χ3v) is 6.18. The van der Waals surface area contributed by atoms with E-state index in [1.807, 2.05) is 37.3 Å². The minimum atomic E-state index is -0.407. The molecule has 1 aliphatic rings. The third-order valence-electron chi connectivity index (χ3n) is 6.18. The number of rotatable bonds is 7. The summed E-state index contributed by atoms with van der Waals surface area (Å²) in [5.41, 5.74) is 3.27. The predicted octanol–water partition coefficient (Wildman–Crippen LogP) is 5.93. The quantitative estimate of drug-likeness (QED) is 0.499. The summed E-state index contributed by atoms with van der Waals surface area (Å²) < 4.78 is 26.5. The molecule has 0 bridgehead atoms. The average Bonchev–Trinajstić information content (AvgIpc) is 2.74. The lowest BCUT2D eigenvalue weighted by Gasteiger charge is -2.44. The minimum absolute atomic E-state index is 0.0334. The van der Waals surface area contributed by atoms with Crippen LogP contribution in [0.5, 0.6) is 0 Å². The number of aryl methyl sites for hydroxylation is 1. The van der Waals surface area contributed by atoms with Crippen molar-refractivity contribution < 1.29 is 18.7 Å². The van der Waals surface area contributed by atoms with Crippen LogP contribution in [0.1, 0.15) is 57.8 Å². The fourth-order valence-corrected chi connectivity index (χ4v) is 4.59. The molecule has 0 N–H and O–H groups in total. The monoisotopic (exact) mass is 441 g/mol. The van der Waals surface area contributed by atoms with E-state index in [0.717, 1.165) is 42.6 Å². The average molecular weight is 442 g/mol. The maximum atomic E-state index is 15.2. The molecule has 0 spiro atoms. The lowest BCUT2D eigenvalue weighted by molar-refractivity contribution is -0.152. The zero-order valence-corrected chi connectivity index (χ0v) is 20.0. The van der Waals surface area contributed by atoms with Crippen LogP contribution in [-0.2, 0) is 14.3 Å². The smallest absolute Gasteiger partial charge is 0.332 e. The molecule has 4 nitrogen and oxygen atoms in total. The molecule has 1 heterocycles. The van der Waals surface area contributed by atoms with Gasteiger partial charge in [0.05, 0.1) is 12.7 Å². The van der Waals surface area contributed by atoms with Gasteiger partial charge in [-0.2, -0.15) is 0 Å². The molecule has 1 aliphatic heterocycles. The largest absolute Gasteiger partial charge is 0.464 e. The molecule has 1 unspecified atom stereocenters. The number of hydrogen-bond donors (Lipinski definition) is 0. The van der Waals surface area contributed by atoms with E-state index in [2.05, 4.69) is 25.7 Å². The van der Waals surface area contributed by atoms with Crippen LogP contribution in [-0.4, -0.2) is 42.7 Å². The zero-order chi connectivity index (χ0) is 23.3. The van der Waals surface area contributed by atoms with Crippen LogP contribution in [0.2, 0.25) is 0 Å². The number of carbonyl (C=O) groups is 1. The van der Waals surface area contributed by atoms with Crippen LogP contribution in [0.25, 0.3) is 11.1 Å². The Balaban J connectivity index is 2.02. The Kier molecular flexibility index (Phi) is 8.07. The van der Waals surface area contributed by atoms with E-state index in [4.69, 9.17) is 9.47 Å². The highest BCUT2D eigenvalue weighted by molar-refractivity contribution is 5.71. The van der Waals surface area contributed by atoms with Gasteiger partial charge in [-0.15, -0.1) is 0 Å². The fraction of sp³-hybridized carbons (Fsp3) is 0.519. The van der Waals surface area contributed by atoms with Crippen LogP contribution in [0.15, 0.2) is 42.5 Å². The molecular weight excluding hydrogens is 405 g/mol. The van der Waals surface area contributed by atoms with Crippen molar-refractivity contribution >= 4 is 5.97 Å². The molecule has 0 saturated carbocycles. The van der Waals surface area contributed by atoms with E-state index in [1.54, 1.807) is 13.0 Å². The molecule has 2 aromatic rings. The first-order chi connectivity index (χ1) is 15.2. The summed E-state index contributed by atoms with van der Waals surface area (Å²) in [6.45, 7) is 12.4. The van der Waals surface area contributed by atoms with Crippen molar-refractivity contribution in [3.63, 3.8) is 0 Å². The van der Waals surface area contributed by atoms with E-state index in [0.29, 0.717) is 12.2 Å². The standard InChI is InChI=1S/C27H36FNO3/c1-6-31-24(30)18-32-26(21-12-9-15-29(17-21)27(3,4)5)22-13-8-14-23(28)25(22)20-11-7-10-19(2)16-20/h7-8,10-11,13-14,16,21,26H,6,9,12,15,17-18H2,1-5H3/t21-,26?/m1/s1. The second kappa shape index (κ2) is 10.6. The zero-order valence-electron chi connectivity index (χ0n) is 20.0. The summed E-state index contributed by atoms with van der Waals surface area (Å²) >= 11 is 0. The summed E-state index contributed by atoms with van der Waals surface area (Å²) in [6.07, 6.45) is 1.59. The Hall–Kier alpha value is -2.24. The van der Waals surface area contributed by atoms with Gasteiger partial charge >= 0.3 is 5.97 Å². The topological polar surface area (TPSA) is 38.8 Å². The first-order valence-electron chi connectivity index (χ1n) is 11.6. The van der Waals surface area contributed by atoms with Gasteiger partial charge in [0.15, 0.2) is 0 Å². The van der Waals surface area contributed by atoms with Gasteiger partial charge in [-0.25, -0.2) is 9.18 Å². The first kappa shape index (κ1) is 24.4. The number of halogens is 1. The number of piperidine rings is 1. The lowest BCUT2D eigenvalue weighted by atomic mass is 9.83. The molecule has 1 fully saturated rings. The Labute approximate surface area is 191 Å². The molecule has 0 radical (unpaired) electrons. The number of hydrogen-bond acceptors (Lipinski definition) is 4. The van der Waals surface area contributed by atoms with Crippen LogP contribution in [0.4, 0.5) is 4.39 Å². The molecule has 0 amide bonds. The number of nitrogens with zero attached hydrogens (tertiary/aromatic N) is 1. The highest BCUT2D eigenvalue weighted by atomic mass is 19.1.